The molecule has 2 N–H and O–H groups in total. The molecule has 5 rings (SSSR count). The maximum atomic E-state index is 11.7. The maximum Gasteiger partial charge on any atom is 0.306 e. The van der Waals surface area contributed by atoms with E-state index in [4.69, 9.17) is 21.4 Å². The number of H-pyrrole nitrogens is 1. The summed E-state index contributed by atoms with van der Waals surface area (Å²) in [4.78, 5) is 23.2. The Hall–Kier alpha value is -3.43. The summed E-state index contributed by atoms with van der Waals surface area (Å²) >= 11 is 6.49. The number of aliphatic carboxylic acids is 1. The van der Waals surface area contributed by atoms with Crippen molar-refractivity contribution in [1.82, 2.24) is 15.0 Å². The van der Waals surface area contributed by atoms with Crippen LogP contribution in [0.4, 0.5) is 0 Å². The zero-order valence-corrected chi connectivity index (χ0v) is 19.6. The van der Waals surface area contributed by atoms with E-state index in [1.54, 1.807) is 30.3 Å². The fourth-order valence-corrected chi connectivity index (χ4v) is 4.78. The summed E-state index contributed by atoms with van der Waals surface area (Å²) in [5.74, 6) is -1.17. The molecule has 0 radical (unpaired) electrons. The first kappa shape index (κ1) is 22.4. The van der Waals surface area contributed by atoms with E-state index in [9.17, 15) is 13.2 Å². The Kier molecular flexibility index (Phi) is 5.53. The Morgan fingerprint density at radius 3 is 2.21 bits per heavy atom. The molecular weight excluding hydrogens is 478 g/mol. The molecule has 0 saturated heterocycles. The van der Waals surface area contributed by atoms with E-state index in [-0.39, 0.29) is 22.9 Å². The molecule has 174 valence electrons. The van der Waals surface area contributed by atoms with E-state index in [0.717, 1.165) is 16.7 Å². The number of carboxylic acid groups (broad SMARTS) is 1. The molecule has 0 spiro atoms. The van der Waals surface area contributed by atoms with Gasteiger partial charge in [0.2, 0.25) is 0 Å². The van der Waals surface area contributed by atoms with E-state index in [0.29, 0.717) is 34.7 Å². The van der Waals surface area contributed by atoms with Gasteiger partial charge < -0.3 is 14.8 Å². The van der Waals surface area contributed by atoms with E-state index in [2.05, 4.69) is 15.0 Å². The van der Waals surface area contributed by atoms with Crippen LogP contribution < -0.4 is 4.74 Å². The molecule has 1 saturated carbocycles. The highest BCUT2D eigenvalue weighted by atomic mass is 35.5. The first-order valence-electron chi connectivity index (χ1n) is 10.5. The lowest BCUT2D eigenvalue weighted by atomic mass is 9.82. The molecule has 10 heteroatoms. The van der Waals surface area contributed by atoms with Crippen LogP contribution in [0, 0.1) is 5.92 Å². The molecule has 1 aliphatic carbocycles. The largest absolute Gasteiger partial charge is 0.481 e. The number of aromatic amines is 1. The molecular formula is C24H20ClN3O5S. The van der Waals surface area contributed by atoms with Gasteiger partial charge in [-0.25, -0.2) is 13.4 Å². The van der Waals surface area contributed by atoms with Crippen LogP contribution in [-0.2, 0) is 14.6 Å². The third-order valence-electron chi connectivity index (χ3n) is 5.90. The van der Waals surface area contributed by atoms with Crippen molar-refractivity contribution in [3.63, 3.8) is 0 Å². The number of nitrogens with one attached hydrogen (secondary N) is 1. The lowest BCUT2D eigenvalue weighted by Gasteiger charge is -2.31. The third-order valence-corrected chi connectivity index (χ3v) is 7.32. The van der Waals surface area contributed by atoms with E-state index in [1.165, 1.54) is 6.26 Å². The number of benzene rings is 2. The zero-order valence-electron chi connectivity index (χ0n) is 18.0. The van der Waals surface area contributed by atoms with Gasteiger partial charge in [-0.15, -0.1) is 0 Å². The SMILES string of the molecule is CS(=O)(=O)c1ccc(-c2ccc(-c3nc4nc(OC5CC(C(=O)O)C5)[nH]c4cc3Cl)cc2)cc1. The molecule has 4 aromatic rings. The summed E-state index contributed by atoms with van der Waals surface area (Å²) in [5.41, 5.74) is 4.27. The van der Waals surface area contributed by atoms with E-state index in [1.807, 2.05) is 24.3 Å². The molecule has 2 aromatic carbocycles. The van der Waals surface area contributed by atoms with Crippen molar-refractivity contribution < 1.29 is 23.1 Å². The number of sulfone groups is 1. The minimum atomic E-state index is -3.24. The number of nitrogens with zero attached hydrogens (tertiary/aromatic N) is 2. The summed E-state index contributed by atoms with van der Waals surface area (Å²) in [7, 11) is -3.24. The molecule has 2 aromatic heterocycles. The summed E-state index contributed by atoms with van der Waals surface area (Å²) in [6, 6.07) is 16.4. The molecule has 34 heavy (non-hydrogen) atoms. The molecule has 0 aliphatic heterocycles. The third kappa shape index (κ3) is 4.36. The highest BCUT2D eigenvalue weighted by Gasteiger charge is 2.36. The number of imidazole rings is 1. The molecule has 0 atom stereocenters. The highest BCUT2D eigenvalue weighted by molar-refractivity contribution is 7.90. The number of pyridine rings is 1. The minimum Gasteiger partial charge on any atom is -0.481 e. The van der Waals surface area contributed by atoms with E-state index < -0.39 is 15.8 Å². The number of fused-ring (bicyclic) bond motifs is 1. The number of aromatic nitrogens is 3. The fraction of sp³-hybridized carbons (Fsp3) is 0.208. The van der Waals surface area contributed by atoms with Gasteiger partial charge in [0, 0.05) is 11.8 Å². The smallest absolute Gasteiger partial charge is 0.306 e. The van der Waals surface area contributed by atoms with Gasteiger partial charge in [0.25, 0.3) is 6.01 Å². The standard InChI is InChI=1S/C24H20ClN3O5S/c1-34(31,32)18-8-6-14(7-9-18)13-2-4-15(5-3-13)21-19(25)12-20-22(27-21)28-24(26-20)33-17-10-16(11-17)23(29)30/h2-9,12,16-17H,10-11H2,1H3,(H,29,30)(H,26,27,28). The second-order valence-corrected chi connectivity index (χ2v) is 10.8. The van der Waals surface area contributed by atoms with Crippen LogP contribution in [0.15, 0.2) is 59.5 Å². The van der Waals surface area contributed by atoms with Crippen molar-refractivity contribution in [2.75, 3.05) is 6.26 Å². The average molecular weight is 498 g/mol. The van der Waals surface area contributed by atoms with Crippen LogP contribution in [0.1, 0.15) is 12.8 Å². The second-order valence-electron chi connectivity index (χ2n) is 8.35. The maximum absolute atomic E-state index is 11.7. The highest BCUT2D eigenvalue weighted by Crippen LogP contribution is 2.33. The van der Waals surface area contributed by atoms with Crippen molar-refractivity contribution in [1.29, 1.82) is 0 Å². The minimum absolute atomic E-state index is 0.185. The fourth-order valence-electron chi connectivity index (χ4n) is 3.89. The van der Waals surface area contributed by atoms with Crippen molar-refractivity contribution >= 4 is 38.6 Å². The normalized spacial score (nSPS) is 17.9. The summed E-state index contributed by atoms with van der Waals surface area (Å²) in [5, 5.41) is 9.44. The van der Waals surface area contributed by atoms with E-state index >= 15 is 0 Å². The van der Waals surface area contributed by atoms with Gasteiger partial charge in [-0.05, 0) is 42.2 Å². The monoisotopic (exact) mass is 497 g/mol. The Morgan fingerprint density at radius 2 is 1.62 bits per heavy atom. The van der Waals surface area contributed by atoms with Crippen LogP contribution in [0.5, 0.6) is 6.01 Å². The number of hydrogen-bond donors (Lipinski definition) is 2. The van der Waals surface area contributed by atoms with Crippen LogP contribution in [0.3, 0.4) is 0 Å². The van der Waals surface area contributed by atoms with Gasteiger partial charge in [-0.3, -0.25) is 4.79 Å². The number of halogens is 1. The molecule has 0 bridgehead atoms. The summed E-state index contributed by atoms with van der Waals surface area (Å²) in [6.07, 6.45) is 1.90. The Bertz CT molecular complexity index is 1490. The quantitative estimate of drug-likeness (QED) is 0.399. The van der Waals surface area contributed by atoms with Crippen LogP contribution in [-0.4, -0.2) is 46.8 Å². The van der Waals surface area contributed by atoms with Crippen LogP contribution >= 0.6 is 11.6 Å². The van der Waals surface area contributed by atoms with Gasteiger partial charge in [0.1, 0.15) is 6.10 Å². The van der Waals surface area contributed by atoms with Gasteiger partial charge in [0.05, 0.1) is 27.0 Å². The number of carbonyl (C=O) groups is 1. The number of carboxylic acids is 1. The number of ether oxygens (including phenoxy) is 1. The molecule has 0 amide bonds. The topological polar surface area (TPSA) is 122 Å². The Morgan fingerprint density at radius 1 is 1.03 bits per heavy atom. The summed E-state index contributed by atoms with van der Waals surface area (Å²) in [6.45, 7) is 0. The van der Waals surface area contributed by atoms with Crippen molar-refractivity contribution in [2.45, 2.75) is 23.8 Å². The molecule has 8 nitrogen and oxygen atoms in total. The average Bonchev–Trinajstić information content (AvgIpc) is 3.16. The molecule has 0 unspecified atom stereocenters. The predicted molar refractivity (Wildman–Crippen MR) is 128 cm³/mol. The van der Waals surface area contributed by atoms with Crippen molar-refractivity contribution in [3.05, 3.63) is 59.6 Å². The molecule has 1 fully saturated rings. The zero-order chi connectivity index (χ0) is 24.0. The molecule has 1 aliphatic rings. The van der Waals surface area contributed by atoms with Crippen molar-refractivity contribution in [2.24, 2.45) is 5.92 Å². The van der Waals surface area contributed by atoms with Crippen LogP contribution in [0.2, 0.25) is 5.02 Å². The van der Waals surface area contributed by atoms with Gasteiger partial charge >= 0.3 is 5.97 Å². The lowest BCUT2D eigenvalue weighted by molar-refractivity contribution is -0.148. The number of rotatable bonds is 6. The summed E-state index contributed by atoms with van der Waals surface area (Å²) < 4.78 is 29.1. The second kappa shape index (κ2) is 8.41. The molecule has 2 heterocycles. The Labute approximate surface area is 200 Å². The van der Waals surface area contributed by atoms with Gasteiger partial charge in [-0.1, -0.05) is 48.0 Å². The van der Waals surface area contributed by atoms with Gasteiger partial charge in [0.15, 0.2) is 15.5 Å². The van der Waals surface area contributed by atoms with Crippen LogP contribution in [0.25, 0.3) is 33.5 Å². The van der Waals surface area contributed by atoms with Crippen molar-refractivity contribution in [3.8, 4) is 28.4 Å². The van der Waals surface area contributed by atoms with Gasteiger partial charge in [-0.2, -0.15) is 4.98 Å². The first-order chi connectivity index (χ1) is 16.2. The number of hydrogen-bond acceptors (Lipinski definition) is 6. The first-order valence-corrected chi connectivity index (χ1v) is 12.8. The lowest BCUT2D eigenvalue weighted by Crippen LogP contribution is -2.38. The predicted octanol–water partition coefficient (Wildman–Crippen LogP) is 4.59. The Balaban J connectivity index is 1.36.